The zero-order chi connectivity index (χ0) is 13.9. The second-order valence-corrected chi connectivity index (χ2v) is 5.51. The van der Waals surface area contributed by atoms with Crippen LogP contribution < -0.4 is 5.32 Å². The van der Waals surface area contributed by atoms with Gasteiger partial charge in [-0.2, -0.15) is 0 Å². The molecule has 4 heteroatoms. The standard InChI is InChI=1S/C16H21N3O/c1-2-19-9-7-12(11-19)10-18-16(20)14-5-3-4-13-6-8-17-15(13)14/h3-6,8,12,17H,2,7,9-11H2,1H3,(H,18,20). The fourth-order valence-corrected chi connectivity index (χ4v) is 2.97. The number of para-hydroxylation sites is 1. The Kier molecular flexibility index (Phi) is 3.74. The second-order valence-electron chi connectivity index (χ2n) is 5.51. The normalized spacial score (nSPS) is 19.6. The van der Waals surface area contributed by atoms with Crippen LogP contribution in [-0.4, -0.2) is 42.0 Å². The minimum absolute atomic E-state index is 0.0213. The first kappa shape index (κ1) is 13.2. The molecule has 1 atom stereocenters. The average Bonchev–Trinajstić information content (AvgIpc) is 3.12. The fraction of sp³-hybridized carbons (Fsp3) is 0.438. The molecule has 2 aromatic rings. The maximum Gasteiger partial charge on any atom is 0.253 e. The van der Waals surface area contributed by atoms with E-state index in [4.69, 9.17) is 0 Å². The lowest BCUT2D eigenvalue weighted by Gasteiger charge is -2.14. The van der Waals surface area contributed by atoms with Crippen LogP contribution in [0.5, 0.6) is 0 Å². The molecule has 1 saturated heterocycles. The quantitative estimate of drug-likeness (QED) is 0.896. The number of nitrogens with zero attached hydrogens (tertiary/aromatic N) is 1. The highest BCUT2D eigenvalue weighted by molar-refractivity contribution is 6.05. The second kappa shape index (κ2) is 5.67. The van der Waals surface area contributed by atoms with E-state index in [9.17, 15) is 4.79 Å². The Hall–Kier alpha value is -1.81. The molecule has 1 amide bonds. The van der Waals surface area contributed by atoms with Gasteiger partial charge in [0.05, 0.1) is 11.1 Å². The molecular weight excluding hydrogens is 250 g/mol. The van der Waals surface area contributed by atoms with Crippen LogP contribution >= 0.6 is 0 Å². The molecule has 1 unspecified atom stereocenters. The van der Waals surface area contributed by atoms with Crippen LogP contribution in [0.15, 0.2) is 30.5 Å². The van der Waals surface area contributed by atoms with Crippen molar-refractivity contribution < 1.29 is 4.79 Å². The van der Waals surface area contributed by atoms with E-state index < -0.39 is 0 Å². The van der Waals surface area contributed by atoms with Gasteiger partial charge in [-0.15, -0.1) is 0 Å². The summed E-state index contributed by atoms with van der Waals surface area (Å²) in [6.45, 7) is 6.32. The van der Waals surface area contributed by atoms with Gasteiger partial charge >= 0.3 is 0 Å². The summed E-state index contributed by atoms with van der Waals surface area (Å²) >= 11 is 0. The number of aromatic nitrogens is 1. The van der Waals surface area contributed by atoms with E-state index in [1.165, 1.54) is 6.42 Å². The van der Waals surface area contributed by atoms with Crippen LogP contribution in [0.2, 0.25) is 0 Å². The Morgan fingerprint density at radius 3 is 3.15 bits per heavy atom. The summed E-state index contributed by atoms with van der Waals surface area (Å²) in [6, 6.07) is 7.81. The number of benzene rings is 1. The molecule has 1 aromatic carbocycles. The Morgan fingerprint density at radius 2 is 2.35 bits per heavy atom. The number of likely N-dealkylation sites (tertiary alicyclic amines) is 1. The molecule has 1 aliphatic rings. The largest absolute Gasteiger partial charge is 0.361 e. The number of carbonyl (C=O) groups is 1. The van der Waals surface area contributed by atoms with Gasteiger partial charge in [-0.25, -0.2) is 0 Å². The van der Waals surface area contributed by atoms with Gasteiger partial charge in [-0.1, -0.05) is 19.1 Å². The number of aromatic amines is 1. The molecule has 0 aliphatic carbocycles. The van der Waals surface area contributed by atoms with Gasteiger partial charge in [-0.05, 0) is 37.6 Å². The Bertz CT molecular complexity index is 605. The van der Waals surface area contributed by atoms with Crippen LogP contribution in [0.4, 0.5) is 0 Å². The van der Waals surface area contributed by atoms with Gasteiger partial charge in [0.15, 0.2) is 0 Å². The van der Waals surface area contributed by atoms with E-state index in [1.807, 2.05) is 30.5 Å². The summed E-state index contributed by atoms with van der Waals surface area (Å²) in [5, 5.41) is 4.16. The summed E-state index contributed by atoms with van der Waals surface area (Å²) in [6.07, 6.45) is 3.05. The van der Waals surface area contributed by atoms with Crippen molar-refractivity contribution >= 4 is 16.8 Å². The molecule has 0 bridgehead atoms. The van der Waals surface area contributed by atoms with E-state index in [1.54, 1.807) is 0 Å². The van der Waals surface area contributed by atoms with Crippen LogP contribution in [0.1, 0.15) is 23.7 Å². The zero-order valence-corrected chi connectivity index (χ0v) is 11.9. The van der Waals surface area contributed by atoms with Gasteiger partial charge in [-0.3, -0.25) is 4.79 Å². The summed E-state index contributed by atoms with van der Waals surface area (Å²) in [4.78, 5) is 17.9. The molecule has 0 radical (unpaired) electrons. The van der Waals surface area contributed by atoms with Crippen LogP contribution in [0.3, 0.4) is 0 Å². The highest BCUT2D eigenvalue weighted by atomic mass is 16.1. The molecule has 4 nitrogen and oxygen atoms in total. The predicted octanol–water partition coefficient (Wildman–Crippen LogP) is 2.24. The maximum atomic E-state index is 12.3. The molecule has 2 N–H and O–H groups in total. The number of carbonyl (C=O) groups excluding carboxylic acids is 1. The highest BCUT2D eigenvalue weighted by Crippen LogP contribution is 2.18. The lowest BCUT2D eigenvalue weighted by molar-refractivity contribution is 0.0949. The minimum atomic E-state index is 0.0213. The van der Waals surface area contributed by atoms with Crippen molar-refractivity contribution in [2.75, 3.05) is 26.2 Å². The van der Waals surface area contributed by atoms with Crippen LogP contribution in [-0.2, 0) is 0 Å². The van der Waals surface area contributed by atoms with Gasteiger partial charge in [0.2, 0.25) is 0 Å². The van der Waals surface area contributed by atoms with Crippen molar-refractivity contribution in [3.05, 3.63) is 36.0 Å². The molecular formula is C16H21N3O. The fourth-order valence-electron chi connectivity index (χ4n) is 2.97. The first-order valence-electron chi connectivity index (χ1n) is 7.34. The van der Waals surface area contributed by atoms with Crippen molar-refractivity contribution in [2.45, 2.75) is 13.3 Å². The molecule has 1 aliphatic heterocycles. The van der Waals surface area contributed by atoms with E-state index in [-0.39, 0.29) is 5.91 Å². The van der Waals surface area contributed by atoms with Crippen molar-refractivity contribution in [1.82, 2.24) is 15.2 Å². The third-order valence-corrected chi connectivity index (χ3v) is 4.20. The maximum absolute atomic E-state index is 12.3. The molecule has 0 saturated carbocycles. The SMILES string of the molecule is CCN1CCC(CNC(=O)c2cccc3cc[nH]c23)C1. The summed E-state index contributed by atoms with van der Waals surface area (Å²) in [5.41, 5.74) is 1.66. The lowest BCUT2D eigenvalue weighted by Crippen LogP contribution is -2.31. The smallest absolute Gasteiger partial charge is 0.253 e. The van der Waals surface area contributed by atoms with Gasteiger partial charge < -0.3 is 15.2 Å². The number of amides is 1. The molecule has 1 fully saturated rings. The predicted molar refractivity (Wildman–Crippen MR) is 80.9 cm³/mol. The summed E-state index contributed by atoms with van der Waals surface area (Å²) in [7, 11) is 0. The number of nitrogens with one attached hydrogen (secondary N) is 2. The Morgan fingerprint density at radius 1 is 1.45 bits per heavy atom. The monoisotopic (exact) mass is 271 g/mol. The first-order valence-corrected chi connectivity index (χ1v) is 7.34. The summed E-state index contributed by atoms with van der Waals surface area (Å²) in [5.74, 6) is 0.606. The van der Waals surface area contributed by atoms with Crippen molar-refractivity contribution in [2.24, 2.45) is 5.92 Å². The van der Waals surface area contributed by atoms with E-state index in [2.05, 4.69) is 22.1 Å². The average molecular weight is 271 g/mol. The first-order chi connectivity index (χ1) is 9.78. The molecule has 0 spiro atoms. The van der Waals surface area contributed by atoms with Crippen LogP contribution in [0.25, 0.3) is 10.9 Å². The number of hydrogen-bond donors (Lipinski definition) is 2. The van der Waals surface area contributed by atoms with Crippen LogP contribution in [0, 0.1) is 5.92 Å². The van der Waals surface area contributed by atoms with Gasteiger partial charge in [0.1, 0.15) is 0 Å². The zero-order valence-electron chi connectivity index (χ0n) is 11.9. The van der Waals surface area contributed by atoms with E-state index in [0.717, 1.165) is 42.6 Å². The Labute approximate surface area is 119 Å². The van der Waals surface area contributed by atoms with E-state index >= 15 is 0 Å². The topological polar surface area (TPSA) is 48.1 Å². The van der Waals surface area contributed by atoms with Gasteiger partial charge in [0.25, 0.3) is 5.91 Å². The lowest BCUT2D eigenvalue weighted by atomic mass is 10.1. The highest BCUT2D eigenvalue weighted by Gasteiger charge is 2.21. The van der Waals surface area contributed by atoms with Crippen molar-refractivity contribution in [3.8, 4) is 0 Å². The van der Waals surface area contributed by atoms with Gasteiger partial charge in [0, 0.05) is 24.7 Å². The Balaban J connectivity index is 1.64. The third kappa shape index (κ3) is 2.56. The number of fused-ring (bicyclic) bond motifs is 1. The third-order valence-electron chi connectivity index (χ3n) is 4.20. The molecule has 106 valence electrons. The number of hydrogen-bond acceptors (Lipinski definition) is 2. The van der Waals surface area contributed by atoms with Crippen molar-refractivity contribution in [3.63, 3.8) is 0 Å². The molecule has 2 heterocycles. The summed E-state index contributed by atoms with van der Waals surface area (Å²) < 4.78 is 0. The van der Waals surface area contributed by atoms with Crippen molar-refractivity contribution in [1.29, 1.82) is 0 Å². The number of H-pyrrole nitrogens is 1. The molecule has 3 rings (SSSR count). The van der Waals surface area contributed by atoms with E-state index in [0.29, 0.717) is 5.92 Å². The molecule has 20 heavy (non-hydrogen) atoms. The molecule has 1 aromatic heterocycles. The number of rotatable bonds is 4. The minimum Gasteiger partial charge on any atom is -0.361 e.